The van der Waals surface area contributed by atoms with Gasteiger partial charge in [-0.05, 0) is 37.0 Å². The van der Waals surface area contributed by atoms with Crippen molar-refractivity contribution in [3.05, 3.63) is 41.2 Å². The number of nitriles is 1. The summed E-state index contributed by atoms with van der Waals surface area (Å²) in [7, 11) is 0. The summed E-state index contributed by atoms with van der Waals surface area (Å²) < 4.78 is 1.78. The molecular weight excluding hydrogens is 248 g/mol. The molecule has 2 rings (SSSR count). The van der Waals surface area contributed by atoms with Crippen molar-refractivity contribution in [2.24, 2.45) is 0 Å². The summed E-state index contributed by atoms with van der Waals surface area (Å²) in [5, 5.41) is 17.1. The molecule has 104 valence electrons. The van der Waals surface area contributed by atoms with E-state index in [-0.39, 0.29) is 0 Å². The van der Waals surface area contributed by atoms with Crippen molar-refractivity contribution < 1.29 is 0 Å². The fourth-order valence-corrected chi connectivity index (χ4v) is 2.24. The molecule has 0 aliphatic rings. The van der Waals surface area contributed by atoms with Gasteiger partial charge < -0.3 is 0 Å². The van der Waals surface area contributed by atoms with Crippen LogP contribution in [0.2, 0.25) is 0 Å². The summed E-state index contributed by atoms with van der Waals surface area (Å²) in [6.45, 7) is 4.29. The Morgan fingerprint density at radius 2 is 1.85 bits per heavy atom. The van der Waals surface area contributed by atoms with Crippen LogP contribution in [0, 0.1) is 11.3 Å². The van der Waals surface area contributed by atoms with Gasteiger partial charge in [0.05, 0.1) is 11.4 Å². The highest BCUT2D eigenvalue weighted by Gasteiger charge is 2.12. The molecule has 4 heteroatoms. The average molecular weight is 268 g/mol. The Bertz CT molecular complexity index is 590. The van der Waals surface area contributed by atoms with Gasteiger partial charge in [0.2, 0.25) is 0 Å². The van der Waals surface area contributed by atoms with Gasteiger partial charge >= 0.3 is 0 Å². The first-order chi connectivity index (χ1) is 9.80. The molecule has 0 radical (unpaired) electrons. The van der Waals surface area contributed by atoms with E-state index in [9.17, 15) is 0 Å². The van der Waals surface area contributed by atoms with Crippen molar-refractivity contribution in [1.29, 1.82) is 5.26 Å². The van der Waals surface area contributed by atoms with E-state index in [0.717, 1.165) is 30.6 Å². The Morgan fingerprint density at radius 1 is 1.10 bits per heavy atom. The lowest BCUT2D eigenvalue weighted by Gasteiger charge is -2.07. The molecule has 20 heavy (non-hydrogen) atoms. The molecule has 0 saturated carbocycles. The third-order valence-corrected chi connectivity index (χ3v) is 3.36. The molecule has 4 nitrogen and oxygen atoms in total. The maximum absolute atomic E-state index is 9.08. The number of hydrogen-bond donors (Lipinski definition) is 0. The van der Waals surface area contributed by atoms with Crippen molar-refractivity contribution in [2.45, 2.75) is 46.0 Å². The number of nitrogens with zero attached hydrogens (tertiary/aromatic N) is 4. The predicted octanol–water partition coefficient (Wildman–Crippen LogP) is 3.43. The first-order valence-electron chi connectivity index (χ1n) is 7.24. The first-order valence-corrected chi connectivity index (χ1v) is 7.24. The average Bonchev–Trinajstić information content (AvgIpc) is 2.89. The van der Waals surface area contributed by atoms with Crippen molar-refractivity contribution in [2.75, 3.05) is 0 Å². The van der Waals surface area contributed by atoms with Crippen molar-refractivity contribution in [3.63, 3.8) is 0 Å². The zero-order valence-electron chi connectivity index (χ0n) is 12.1. The molecule has 0 unspecified atom stereocenters. The summed E-state index contributed by atoms with van der Waals surface area (Å²) in [5.74, 6) is 0. The van der Waals surface area contributed by atoms with Crippen molar-refractivity contribution >= 4 is 0 Å². The van der Waals surface area contributed by atoms with Gasteiger partial charge in [0.15, 0.2) is 5.69 Å². The van der Waals surface area contributed by atoms with Crippen LogP contribution in [0.1, 0.15) is 50.1 Å². The largest absolute Gasteiger partial charge is 0.216 e. The van der Waals surface area contributed by atoms with E-state index in [0.29, 0.717) is 5.69 Å². The van der Waals surface area contributed by atoms with Gasteiger partial charge in [-0.1, -0.05) is 44.0 Å². The first kappa shape index (κ1) is 14.3. The normalized spacial score (nSPS) is 10.4. The zero-order valence-corrected chi connectivity index (χ0v) is 12.1. The summed E-state index contributed by atoms with van der Waals surface area (Å²) >= 11 is 0. The highest BCUT2D eigenvalue weighted by molar-refractivity contribution is 5.38. The number of rotatable bonds is 6. The second-order valence-corrected chi connectivity index (χ2v) is 4.93. The highest BCUT2D eigenvalue weighted by atomic mass is 15.4. The Hall–Kier alpha value is -2.15. The predicted molar refractivity (Wildman–Crippen MR) is 78.7 cm³/mol. The van der Waals surface area contributed by atoms with Gasteiger partial charge in [-0.3, -0.25) is 0 Å². The van der Waals surface area contributed by atoms with Crippen LogP contribution in [0.15, 0.2) is 24.3 Å². The SMILES string of the molecule is CCCCc1ccc(-n2nnc(C#N)c2CCC)cc1. The molecule has 0 saturated heterocycles. The maximum Gasteiger partial charge on any atom is 0.186 e. The van der Waals surface area contributed by atoms with Gasteiger partial charge in [0.1, 0.15) is 6.07 Å². The Labute approximate surface area is 120 Å². The Morgan fingerprint density at radius 3 is 2.45 bits per heavy atom. The zero-order chi connectivity index (χ0) is 14.4. The summed E-state index contributed by atoms with van der Waals surface area (Å²) in [4.78, 5) is 0. The number of unbranched alkanes of at least 4 members (excludes halogenated alkanes) is 1. The van der Waals surface area contributed by atoms with Gasteiger partial charge in [-0.25, -0.2) is 4.68 Å². The summed E-state index contributed by atoms with van der Waals surface area (Å²) in [6, 6.07) is 10.5. The minimum Gasteiger partial charge on any atom is -0.216 e. The van der Waals surface area contributed by atoms with E-state index in [1.807, 2.05) is 0 Å². The maximum atomic E-state index is 9.08. The van der Waals surface area contributed by atoms with Crippen LogP contribution in [0.25, 0.3) is 5.69 Å². The molecule has 0 atom stereocenters. The molecule has 0 amide bonds. The van der Waals surface area contributed by atoms with Crippen LogP contribution in [0.5, 0.6) is 0 Å². The summed E-state index contributed by atoms with van der Waals surface area (Å²) in [5.41, 5.74) is 3.65. The number of aryl methyl sites for hydroxylation is 1. The Kier molecular flexibility index (Phi) is 4.89. The number of benzene rings is 1. The van der Waals surface area contributed by atoms with Crippen molar-refractivity contribution in [3.8, 4) is 11.8 Å². The van der Waals surface area contributed by atoms with Crippen LogP contribution in [-0.2, 0) is 12.8 Å². The molecule has 0 fully saturated rings. The molecule has 0 spiro atoms. The van der Waals surface area contributed by atoms with Gasteiger partial charge in [0, 0.05) is 0 Å². The van der Waals surface area contributed by atoms with Crippen LogP contribution < -0.4 is 0 Å². The lowest BCUT2D eigenvalue weighted by atomic mass is 10.1. The minimum absolute atomic E-state index is 0.432. The smallest absolute Gasteiger partial charge is 0.186 e. The molecule has 1 aromatic carbocycles. The van der Waals surface area contributed by atoms with Gasteiger partial charge in [-0.2, -0.15) is 5.26 Å². The molecule has 0 bridgehead atoms. The second kappa shape index (κ2) is 6.85. The fraction of sp³-hybridized carbons (Fsp3) is 0.438. The lowest BCUT2D eigenvalue weighted by Crippen LogP contribution is -2.03. The molecule has 0 aliphatic heterocycles. The van der Waals surface area contributed by atoms with E-state index in [4.69, 9.17) is 5.26 Å². The van der Waals surface area contributed by atoms with E-state index in [1.54, 1.807) is 4.68 Å². The quantitative estimate of drug-likeness (QED) is 0.806. The van der Waals surface area contributed by atoms with E-state index in [1.165, 1.54) is 18.4 Å². The van der Waals surface area contributed by atoms with Crippen LogP contribution >= 0.6 is 0 Å². The molecule has 1 aromatic heterocycles. The van der Waals surface area contributed by atoms with Crippen LogP contribution in [0.4, 0.5) is 0 Å². The van der Waals surface area contributed by atoms with Gasteiger partial charge in [-0.15, -0.1) is 5.10 Å². The van der Waals surface area contributed by atoms with Crippen molar-refractivity contribution in [1.82, 2.24) is 15.0 Å². The third kappa shape index (κ3) is 3.05. The van der Waals surface area contributed by atoms with E-state index >= 15 is 0 Å². The van der Waals surface area contributed by atoms with E-state index < -0.39 is 0 Å². The molecule has 0 N–H and O–H groups in total. The van der Waals surface area contributed by atoms with Crippen LogP contribution in [0.3, 0.4) is 0 Å². The van der Waals surface area contributed by atoms with Gasteiger partial charge in [0.25, 0.3) is 0 Å². The molecular formula is C16H20N4. The third-order valence-electron chi connectivity index (χ3n) is 3.36. The minimum atomic E-state index is 0.432. The van der Waals surface area contributed by atoms with E-state index in [2.05, 4.69) is 54.5 Å². The Balaban J connectivity index is 2.27. The topological polar surface area (TPSA) is 54.5 Å². The molecule has 1 heterocycles. The molecule has 2 aromatic rings. The fourth-order valence-electron chi connectivity index (χ4n) is 2.24. The monoisotopic (exact) mass is 268 g/mol. The summed E-state index contributed by atoms with van der Waals surface area (Å²) in [6.07, 6.45) is 5.31. The number of hydrogen-bond acceptors (Lipinski definition) is 3. The van der Waals surface area contributed by atoms with Crippen LogP contribution in [-0.4, -0.2) is 15.0 Å². The highest BCUT2D eigenvalue weighted by Crippen LogP contribution is 2.16. The standard InChI is InChI=1S/C16H20N4/c1-3-5-7-13-8-10-14(11-9-13)20-16(6-4-2)15(12-17)18-19-20/h8-11H,3-7H2,1-2H3. The second-order valence-electron chi connectivity index (χ2n) is 4.93. The molecule has 0 aliphatic carbocycles. The number of aromatic nitrogens is 3. The lowest BCUT2D eigenvalue weighted by molar-refractivity contribution is 0.744.